The highest BCUT2D eigenvalue weighted by molar-refractivity contribution is 5.93. The number of nitrogens with one attached hydrogen (secondary N) is 2. The summed E-state index contributed by atoms with van der Waals surface area (Å²) in [6, 6.07) is 7.19. The average molecular weight is 258 g/mol. The smallest absolute Gasteiger partial charge is 0.224 e. The molecule has 3 nitrogen and oxygen atoms in total. The molecular formula is C16H22N2O. The number of rotatable bonds is 4. The van der Waals surface area contributed by atoms with Gasteiger partial charge >= 0.3 is 0 Å². The lowest BCUT2D eigenvalue weighted by Gasteiger charge is -2.18. The van der Waals surface area contributed by atoms with Gasteiger partial charge in [0.05, 0.1) is 0 Å². The van der Waals surface area contributed by atoms with Gasteiger partial charge in [-0.1, -0.05) is 25.0 Å². The molecule has 102 valence electrons. The minimum absolute atomic E-state index is 0.142. The van der Waals surface area contributed by atoms with E-state index in [-0.39, 0.29) is 5.91 Å². The van der Waals surface area contributed by atoms with Crippen LogP contribution >= 0.6 is 0 Å². The van der Waals surface area contributed by atoms with Gasteiger partial charge in [-0.2, -0.15) is 0 Å². The minimum Gasteiger partial charge on any atom is -0.326 e. The van der Waals surface area contributed by atoms with Gasteiger partial charge in [-0.05, 0) is 49.4 Å². The Morgan fingerprint density at radius 2 is 2.05 bits per heavy atom. The van der Waals surface area contributed by atoms with Crippen molar-refractivity contribution in [3.8, 4) is 0 Å². The van der Waals surface area contributed by atoms with Crippen LogP contribution < -0.4 is 10.6 Å². The molecule has 2 N–H and O–H groups in total. The Kier molecular flexibility index (Phi) is 3.83. The summed E-state index contributed by atoms with van der Waals surface area (Å²) in [6.45, 7) is 1.07. The fourth-order valence-electron chi connectivity index (χ4n) is 3.14. The van der Waals surface area contributed by atoms with E-state index in [1.54, 1.807) is 0 Å². The molecule has 1 heterocycles. The molecule has 1 aromatic carbocycles. The van der Waals surface area contributed by atoms with Crippen LogP contribution in [0.4, 0.5) is 5.69 Å². The Balaban J connectivity index is 1.55. The van der Waals surface area contributed by atoms with Crippen molar-refractivity contribution in [2.45, 2.75) is 51.0 Å². The van der Waals surface area contributed by atoms with Crippen molar-refractivity contribution in [1.82, 2.24) is 5.32 Å². The summed E-state index contributed by atoms with van der Waals surface area (Å²) in [4.78, 5) is 11.3. The van der Waals surface area contributed by atoms with E-state index in [4.69, 9.17) is 0 Å². The highest BCUT2D eigenvalue weighted by Crippen LogP contribution is 2.23. The van der Waals surface area contributed by atoms with Crippen LogP contribution in [0, 0.1) is 0 Å². The molecule has 0 radical (unpaired) electrons. The quantitative estimate of drug-likeness (QED) is 0.871. The second-order valence-electron chi connectivity index (χ2n) is 5.73. The molecule has 1 aromatic rings. The van der Waals surface area contributed by atoms with Gasteiger partial charge in [-0.3, -0.25) is 4.79 Å². The molecule has 1 saturated carbocycles. The molecule has 0 spiro atoms. The van der Waals surface area contributed by atoms with Crippen LogP contribution in [-0.2, 0) is 17.6 Å². The number of amides is 1. The lowest BCUT2D eigenvalue weighted by molar-refractivity contribution is -0.116. The van der Waals surface area contributed by atoms with Gasteiger partial charge in [0.15, 0.2) is 0 Å². The Morgan fingerprint density at radius 3 is 2.89 bits per heavy atom. The first-order valence-electron chi connectivity index (χ1n) is 7.46. The Hall–Kier alpha value is -1.35. The summed E-state index contributed by atoms with van der Waals surface area (Å²) in [6.07, 6.45) is 8.04. The predicted octanol–water partition coefficient (Wildman–Crippen LogP) is 2.65. The SMILES string of the molecule is O=C1CCc2cc(CCNC3CCCC3)ccc2N1. The molecule has 1 amide bonds. The number of hydrogen-bond acceptors (Lipinski definition) is 2. The molecule has 19 heavy (non-hydrogen) atoms. The fourth-order valence-corrected chi connectivity index (χ4v) is 3.14. The third-order valence-corrected chi connectivity index (χ3v) is 4.27. The number of aryl methyl sites for hydroxylation is 1. The number of carbonyl (C=O) groups is 1. The predicted molar refractivity (Wildman–Crippen MR) is 77.4 cm³/mol. The summed E-state index contributed by atoms with van der Waals surface area (Å²) in [5, 5.41) is 6.58. The van der Waals surface area contributed by atoms with Crippen LogP contribution in [0.1, 0.15) is 43.2 Å². The number of benzene rings is 1. The van der Waals surface area contributed by atoms with E-state index >= 15 is 0 Å². The first-order chi connectivity index (χ1) is 9.31. The van der Waals surface area contributed by atoms with E-state index in [2.05, 4.69) is 28.8 Å². The molecule has 3 rings (SSSR count). The third kappa shape index (κ3) is 3.16. The summed E-state index contributed by atoms with van der Waals surface area (Å²) < 4.78 is 0. The zero-order valence-electron chi connectivity index (χ0n) is 11.4. The summed E-state index contributed by atoms with van der Waals surface area (Å²) in [5.41, 5.74) is 3.67. The molecule has 3 heteroatoms. The second-order valence-corrected chi connectivity index (χ2v) is 5.73. The molecule has 0 bridgehead atoms. The number of carbonyl (C=O) groups excluding carboxylic acids is 1. The highest BCUT2D eigenvalue weighted by atomic mass is 16.1. The van der Waals surface area contributed by atoms with Crippen LogP contribution in [-0.4, -0.2) is 18.5 Å². The zero-order valence-corrected chi connectivity index (χ0v) is 11.4. The Morgan fingerprint density at radius 1 is 1.21 bits per heavy atom. The van der Waals surface area contributed by atoms with Gasteiger partial charge in [0.2, 0.25) is 5.91 Å². The lowest BCUT2D eigenvalue weighted by Crippen LogP contribution is -2.28. The van der Waals surface area contributed by atoms with Gasteiger partial charge in [0.1, 0.15) is 0 Å². The molecule has 1 fully saturated rings. The maximum Gasteiger partial charge on any atom is 0.224 e. The fraction of sp³-hybridized carbons (Fsp3) is 0.562. The Labute approximate surface area is 114 Å². The molecular weight excluding hydrogens is 236 g/mol. The van der Waals surface area contributed by atoms with E-state index in [1.807, 2.05) is 0 Å². The monoisotopic (exact) mass is 258 g/mol. The van der Waals surface area contributed by atoms with Crippen molar-refractivity contribution >= 4 is 11.6 Å². The molecule has 1 aliphatic heterocycles. The van der Waals surface area contributed by atoms with Gasteiger partial charge in [0.25, 0.3) is 0 Å². The number of hydrogen-bond donors (Lipinski definition) is 2. The molecule has 0 saturated heterocycles. The first-order valence-corrected chi connectivity index (χ1v) is 7.46. The van der Waals surface area contributed by atoms with Crippen LogP contribution in [0.2, 0.25) is 0 Å². The maximum atomic E-state index is 11.3. The average Bonchev–Trinajstić information content (AvgIpc) is 2.92. The summed E-state index contributed by atoms with van der Waals surface area (Å²) >= 11 is 0. The maximum absolute atomic E-state index is 11.3. The first kappa shape index (κ1) is 12.7. The Bertz CT molecular complexity index is 464. The standard InChI is InChI=1S/C16H22N2O/c19-16-8-6-13-11-12(5-7-15(13)18-16)9-10-17-14-3-1-2-4-14/h5,7,11,14,17H,1-4,6,8-10H2,(H,18,19). The van der Waals surface area contributed by atoms with E-state index in [9.17, 15) is 4.79 Å². The van der Waals surface area contributed by atoms with Gasteiger partial charge in [-0.25, -0.2) is 0 Å². The van der Waals surface area contributed by atoms with Crippen molar-refractivity contribution in [2.24, 2.45) is 0 Å². The topological polar surface area (TPSA) is 41.1 Å². The molecule has 2 aliphatic rings. The van der Waals surface area contributed by atoms with Gasteiger partial charge < -0.3 is 10.6 Å². The van der Waals surface area contributed by atoms with Crippen molar-refractivity contribution in [3.63, 3.8) is 0 Å². The van der Waals surface area contributed by atoms with Crippen LogP contribution in [0.5, 0.6) is 0 Å². The molecule has 1 aliphatic carbocycles. The van der Waals surface area contributed by atoms with Crippen molar-refractivity contribution in [1.29, 1.82) is 0 Å². The van der Waals surface area contributed by atoms with Crippen molar-refractivity contribution in [2.75, 3.05) is 11.9 Å². The van der Waals surface area contributed by atoms with Gasteiger partial charge in [-0.15, -0.1) is 0 Å². The largest absolute Gasteiger partial charge is 0.326 e. The van der Waals surface area contributed by atoms with E-state index in [0.29, 0.717) is 6.42 Å². The normalized spacial score (nSPS) is 19.3. The highest BCUT2D eigenvalue weighted by Gasteiger charge is 2.15. The number of fused-ring (bicyclic) bond motifs is 1. The number of anilines is 1. The van der Waals surface area contributed by atoms with Crippen LogP contribution in [0.25, 0.3) is 0 Å². The van der Waals surface area contributed by atoms with Gasteiger partial charge in [0, 0.05) is 18.2 Å². The van der Waals surface area contributed by atoms with Crippen LogP contribution in [0.3, 0.4) is 0 Å². The second kappa shape index (κ2) is 5.74. The van der Waals surface area contributed by atoms with E-state index in [1.165, 1.54) is 36.8 Å². The van der Waals surface area contributed by atoms with Crippen molar-refractivity contribution in [3.05, 3.63) is 29.3 Å². The van der Waals surface area contributed by atoms with Crippen molar-refractivity contribution < 1.29 is 4.79 Å². The molecule has 0 aromatic heterocycles. The zero-order chi connectivity index (χ0) is 13.1. The summed E-state index contributed by atoms with van der Waals surface area (Å²) in [7, 11) is 0. The van der Waals surface area contributed by atoms with E-state index < -0.39 is 0 Å². The molecule has 0 unspecified atom stereocenters. The summed E-state index contributed by atoms with van der Waals surface area (Å²) in [5.74, 6) is 0.142. The lowest BCUT2D eigenvalue weighted by atomic mass is 9.99. The van der Waals surface area contributed by atoms with E-state index in [0.717, 1.165) is 31.1 Å². The molecule has 0 atom stereocenters. The third-order valence-electron chi connectivity index (χ3n) is 4.27. The van der Waals surface area contributed by atoms with Crippen LogP contribution in [0.15, 0.2) is 18.2 Å². The minimum atomic E-state index is 0.142.